The zero-order chi connectivity index (χ0) is 18.8. The second-order valence-electron chi connectivity index (χ2n) is 5.32. The van der Waals surface area contributed by atoms with Crippen LogP contribution < -0.4 is 19.5 Å². The molecule has 0 radical (unpaired) electrons. The normalized spacial score (nSPS) is 10.6. The molecule has 138 valence electrons. The molecule has 2 aromatic rings. The van der Waals surface area contributed by atoms with E-state index in [1.54, 1.807) is 12.1 Å². The highest BCUT2D eigenvalue weighted by Crippen LogP contribution is 2.29. The van der Waals surface area contributed by atoms with E-state index in [1.165, 1.54) is 6.08 Å². The predicted octanol–water partition coefficient (Wildman–Crippen LogP) is 4.53. The summed E-state index contributed by atoms with van der Waals surface area (Å²) in [6.07, 6.45) is 3.21. The fourth-order valence-corrected chi connectivity index (χ4v) is 2.37. The lowest BCUT2D eigenvalue weighted by Crippen LogP contribution is -2.09. The van der Waals surface area contributed by atoms with Crippen molar-refractivity contribution in [1.29, 1.82) is 0 Å². The first kappa shape index (κ1) is 19.4. The predicted molar refractivity (Wildman–Crippen MR) is 104 cm³/mol. The summed E-state index contributed by atoms with van der Waals surface area (Å²) >= 11 is 0. The summed E-state index contributed by atoms with van der Waals surface area (Å²) in [5, 5.41) is 2.83. The summed E-state index contributed by atoms with van der Waals surface area (Å²) in [5.41, 5.74) is 1.50. The van der Waals surface area contributed by atoms with Crippen LogP contribution in [0.3, 0.4) is 0 Å². The minimum absolute atomic E-state index is 0.232. The number of hydrogen-bond acceptors (Lipinski definition) is 4. The number of hydrogen-bond donors (Lipinski definition) is 1. The number of nitrogens with one attached hydrogen (secondary N) is 1. The van der Waals surface area contributed by atoms with Crippen LogP contribution in [0.5, 0.6) is 17.2 Å². The summed E-state index contributed by atoms with van der Waals surface area (Å²) in [7, 11) is 0. The molecule has 0 fully saturated rings. The molecular weight excluding hydrogens is 330 g/mol. The highest BCUT2D eigenvalue weighted by Gasteiger charge is 2.07. The first-order valence-electron chi connectivity index (χ1n) is 8.78. The van der Waals surface area contributed by atoms with E-state index in [1.807, 2.05) is 57.2 Å². The third-order valence-corrected chi connectivity index (χ3v) is 3.44. The number of benzene rings is 2. The summed E-state index contributed by atoms with van der Waals surface area (Å²) in [6, 6.07) is 12.9. The van der Waals surface area contributed by atoms with E-state index >= 15 is 0 Å². The van der Waals surface area contributed by atoms with Crippen molar-refractivity contribution in [3.63, 3.8) is 0 Å². The van der Waals surface area contributed by atoms with Gasteiger partial charge >= 0.3 is 0 Å². The molecular formula is C21H25NO4. The van der Waals surface area contributed by atoms with E-state index in [-0.39, 0.29) is 5.91 Å². The molecule has 26 heavy (non-hydrogen) atoms. The van der Waals surface area contributed by atoms with Gasteiger partial charge in [0.1, 0.15) is 5.75 Å². The van der Waals surface area contributed by atoms with Crippen molar-refractivity contribution < 1.29 is 19.0 Å². The van der Waals surface area contributed by atoms with Gasteiger partial charge in [0.05, 0.1) is 25.5 Å². The molecule has 5 heteroatoms. The van der Waals surface area contributed by atoms with Gasteiger partial charge < -0.3 is 19.5 Å². The quantitative estimate of drug-likeness (QED) is 0.671. The lowest BCUT2D eigenvalue weighted by atomic mass is 10.2. The molecule has 0 unspecified atom stereocenters. The van der Waals surface area contributed by atoms with Crippen LogP contribution in [0.2, 0.25) is 0 Å². The van der Waals surface area contributed by atoms with Gasteiger partial charge in [0.15, 0.2) is 11.5 Å². The standard InChI is InChI=1S/C21H25NO4/c1-4-24-18-10-8-7-9-17(18)22-21(23)14-12-16-11-13-19(25-5-2)20(15-16)26-6-3/h7-15H,4-6H2,1-3H3,(H,22,23)/b14-12+. The molecule has 0 aromatic heterocycles. The number of rotatable bonds is 9. The number of ether oxygens (including phenoxy) is 3. The Hall–Kier alpha value is -2.95. The van der Waals surface area contributed by atoms with Crippen LogP contribution in [0.15, 0.2) is 48.5 Å². The van der Waals surface area contributed by atoms with Crippen LogP contribution in [0.25, 0.3) is 6.08 Å². The lowest BCUT2D eigenvalue weighted by Gasteiger charge is -2.11. The molecule has 0 aliphatic heterocycles. The van der Waals surface area contributed by atoms with Gasteiger partial charge in [-0.05, 0) is 56.7 Å². The molecule has 0 spiro atoms. The number of para-hydroxylation sites is 2. The zero-order valence-electron chi connectivity index (χ0n) is 15.5. The maximum Gasteiger partial charge on any atom is 0.248 e. The Morgan fingerprint density at radius 3 is 2.27 bits per heavy atom. The van der Waals surface area contributed by atoms with E-state index in [0.717, 1.165) is 5.56 Å². The Morgan fingerprint density at radius 1 is 0.885 bits per heavy atom. The van der Waals surface area contributed by atoms with Gasteiger partial charge in [0, 0.05) is 6.08 Å². The van der Waals surface area contributed by atoms with Crippen LogP contribution in [-0.4, -0.2) is 25.7 Å². The molecule has 2 aromatic carbocycles. The zero-order valence-corrected chi connectivity index (χ0v) is 15.5. The van der Waals surface area contributed by atoms with E-state index < -0.39 is 0 Å². The van der Waals surface area contributed by atoms with Crippen molar-refractivity contribution in [2.45, 2.75) is 20.8 Å². The summed E-state index contributed by atoms with van der Waals surface area (Å²) in [6.45, 7) is 7.39. The summed E-state index contributed by atoms with van der Waals surface area (Å²) in [5.74, 6) is 1.78. The highest BCUT2D eigenvalue weighted by molar-refractivity contribution is 6.02. The third-order valence-electron chi connectivity index (χ3n) is 3.44. The Labute approximate surface area is 154 Å². The number of carbonyl (C=O) groups excluding carboxylic acids is 1. The van der Waals surface area contributed by atoms with Crippen LogP contribution in [0, 0.1) is 0 Å². The molecule has 5 nitrogen and oxygen atoms in total. The van der Waals surface area contributed by atoms with E-state index in [4.69, 9.17) is 14.2 Å². The van der Waals surface area contributed by atoms with Gasteiger partial charge in [0.25, 0.3) is 0 Å². The van der Waals surface area contributed by atoms with Crippen molar-refractivity contribution in [3.05, 3.63) is 54.1 Å². The number of carbonyl (C=O) groups is 1. The Bertz CT molecular complexity index is 755. The lowest BCUT2D eigenvalue weighted by molar-refractivity contribution is -0.111. The van der Waals surface area contributed by atoms with Crippen LogP contribution in [-0.2, 0) is 4.79 Å². The molecule has 1 amide bonds. The maximum atomic E-state index is 12.2. The van der Waals surface area contributed by atoms with Crippen molar-refractivity contribution >= 4 is 17.7 Å². The molecule has 0 heterocycles. The molecule has 0 atom stereocenters. The molecule has 2 rings (SSSR count). The van der Waals surface area contributed by atoms with Crippen LogP contribution >= 0.6 is 0 Å². The van der Waals surface area contributed by atoms with Gasteiger partial charge in [-0.2, -0.15) is 0 Å². The fraction of sp³-hybridized carbons (Fsp3) is 0.286. The summed E-state index contributed by atoms with van der Waals surface area (Å²) in [4.78, 5) is 12.2. The van der Waals surface area contributed by atoms with E-state index in [2.05, 4.69) is 5.32 Å². The van der Waals surface area contributed by atoms with Crippen LogP contribution in [0.4, 0.5) is 5.69 Å². The number of anilines is 1. The second-order valence-corrected chi connectivity index (χ2v) is 5.32. The van der Waals surface area contributed by atoms with Gasteiger partial charge in [-0.15, -0.1) is 0 Å². The van der Waals surface area contributed by atoms with Crippen molar-refractivity contribution in [2.75, 3.05) is 25.1 Å². The monoisotopic (exact) mass is 355 g/mol. The Morgan fingerprint density at radius 2 is 1.54 bits per heavy atom. The number of amides is 1. The van der Waals surface area contributed by atoms with Crippen molar-refractivity contribution in [3.8, 4) is 17.2 Å². The SMILES string of the molecule is CCOc1ccccc1NC(=O)/C=C/c1ccc(OCC)c(OCC)c1. The molecule has 0 saturated heterocycles. The fourth-order valence-electron chi connectivity index (χ4n) is 2.37. The van der Waals surface area contributed by atoms with E-state index in [9.17, 15) is 4.79 Å². The second kappa shape index (κ2) is 10.1. The molecule has 0 bridgehead atoms. The minimum atomic E-state index is -0.232. The first-order chi connectivity index (χ1) is 12.7. The van der Waals surface area contributed by atoms with E-state index in [0.29, 0.717) is 42.8 Å². The average Bonchev–Trinajstić information content (AvgIpc) is 2.64. The smallest absolute Gasteiger partial charge is 0.248 e. The maximum absolute atomic E-state index is 12.2. The average molecular weight is 355 g/mol. The van der Waals surface area contributed by atoms with Gasteiger partial charge in [-0.3, -0.25) is 4.79 Å². The van der Waals surface area contributed by atoms with Crippen LogP contribution in [0.1, 0.15) is 26.3 Å². The van der Waals surface area contributed by atoms with Gasteiger partial charge in [-0.1, -0.05) is 18.2 Å². The molecule has 0 aliphatic rings. The highest BCUT2D eigenvalue weighted by atomic mass is 16.5. The minimum Gasteiger partial charge on any atom is -0.492 e. The Kier molecular flexibility index (Phi) is 7.55. The Balaban J connectivity index is 2.09. The summed E-state index contributed by atoms with van der Waals surface area (Å²) < 4.78 is 16.7. The molecule has 0 aliphatic carbocycles. The topological polar surface area (TPSA) is 56.8 Å². The molecule has 0 saturated carbocycles. The van der Waals surface area contributed by atoms with Crippen molar-refractivity contribution in [2.24, 2.45) is 0 Å². The van der Waals surface area contributed by atoms with Gasteiger partial charge in [-0.25, -0.2) is 0 Å². The van der Waals surface area contributed by atoms with Crippen molar-refractivity contribution in [1.82, 2.24) is 0 Å². The first-order valence-corrected chi connectivity index (χ1v) is 8.78. The molecule has 1 N–H and O–H groups in total. The van der Waals surface area contributed by atoms with Gasteiger partial charge in [0.2, 0.25) is 5.91 Å². The third kappa shape index (κ3) is 5.55. The largest absolute Gasteiger partial charge is 0.492 e.